The first-order valence-corrected chi connectivity index (χ1v) is 8.24. The largest absolute Gasteiger partial charge is 0.436 e. The third-order valence-electron chi connectivity index (χ3n) is 2.95. The van der Waals surface area contributed by atoms with Crippen molar-refractivity contribution in [1.82, 2.24) is 9.78 Å². The number of amidine groups is 1. The molecule has 2 heterocycles. The monoisotopic (exact) mass is 424 g/mol. The van der Waals surface area contributed by atoms with Crippen LogP contribution in [0.25, 0.3) is 0 Å². The Morgan fingerprint density at radius 1 is 1.54 bits per heavy atom. The van der Waals surface area contributed by atoms with E-state index in [-0.39, 0.29) is 29.0 Å². The standard InChI is InChI=1S/C13H12BrF3N4O2S/c1-7-10(14)11(13(15,16)17)19-21(7)5-4-9(22)23-20-12(18)8-3-2-6-24-8/h2-3,6H,4-5H2,1H3,(H2,18,20). The van der Waals surface area contributed by atoms with Crippen LogP contribution in [0.1, 0.15) is 22.7 Å². The van der Waals surface area contributed by atoms with Gasteiger partial charge in [-0.3, -0.25) is 4.68 Å². The molecule has 24 heavy (non-hydrogen) atoms. The van der Waals surface area contributed by atoms with Crippen LogP contribution in [-0.4, -0.2) is 21.6 Å². The van der Waals surface area contributed by atoms with Gasteiger partial charge in [-0.05, 0) is 34.3 Å². The summed E-state index contributed by atoms with van der Waals surface area (Å²) in [5, 5.41) is 8.75. The van der Waals surface area contributed by atoms with Gasteiger partial charge >= 0.3 is 12.1 Å². The zero-order valence-corrected chi connectivity index (χ0v) is 14.7. The van der Waals surface area contributed by atoms with E-state index in [0.29, 0.717) is 4.88 Å². The molecule has 130 valence electrons. The number of nitrogens with two attached hydrogens (primary N) is 1. The van der Waals surface area contributed by atoms with Crippen molar-refractivity contribution in [3.63, 3.8) is 0 Å². The number of oxime groups is 1. The fraction of sp³-hybridized carbons (Fsp3) is 0.308. The lowest BCUT2D eigenvalue weighted by Gasteiger charge is -2.03. The van der Waals surface area contributed by atoms with E-state index in [1.807, 2.05) is 0 Å². The van der Waals surface area contributed by atoms with E-state index in [0.717, 1.165) is 4.68 Å². The molecule has 2 rings (SSSR count). The van der Waals surface area contributed by atoms with Crippen LogP contribution in [0.5, 0.6) is 0 Å². The van der Waals surface area contributed by atoms with Gasteiger partial charge in [0.05, 0.1) is 28.0 Å². The van der Waals surface area contributed by atoms with Crippen LogP contribution in [0.4, 0.5) is 13.2 Å². The Morgan fingerprint density at radius 3 is 2.79 bits per heavy atom. The van der Waals surface area contributed by atoms with Gasteiger partial charge in [0, 0.05) is 0 Å². The summed E-state index contributed by atoms with van der Waals surface area (Å²) in [5.74, 6) is -0.676. The van der Waals surface area contributed by atoms with Crippen LogP contribution in [0.15, 0.2) is 27.1 Å². The SMILES string of the molecule is Cc1c(Br)c(C(F)(F)F)nn1CCC(=O)O/N=C(\N)c1cccs1. The van der Waals surface area contributed by atoms with Crippen LogP contribution in [0.3, 0.4) is 0 Å². The first-order valence-electron chi connectivity index (χ1n) is 6.57. The fourth-order valence-corrected chi connectivity index (χ4v) is 2.86. The highest BCUT2D eigenvalue weighted by molar-refractivity contribution is 9.10. The lowest BCUT2D eigenvalue weighted by Crippen LogP contribution is -2.15. The molecule has 0 aromatic carbocycles. The van der Waals surface area contributed by atoms with Crippen molar-refractivity contribution in [2.24, 2.45) is 10.9 Å². The molecule has 2 aromatic heterocycles. The number of alkyl halides is 3. The molecule has 0 amide bonds. The van der Waals surface area contributed by atoms with E-state index in [4.69, 9.17) is 5.73 Å². The molecule has 2 aromatic rings. The van der Waals surface area contributed by atoms with E-state index in [1.165, 1.54) is 18.3 Å². The molecule has 0 spiro atoms. The highest BCUT2D eigenvalue weighted by atomic mass is 79.9. The molecule has 0 saturated heterocycles. The van der Waals surface area contributed by atoms with E-state index < -0.39 is 17.8 Å². The summed E-state index contributed by atoms with van der Waals surface area (Å²) in [6.45, 7) is 1.39. The number of rotatable bonds is 5. The Morgan fingerprint density at radius 2 is 2.25 bits per heavy atom. The number of aromatic nitrogens is 2. The van der Waals surface area contributed by atoms with Crippen molar-refractivity contribution in [3.8, 4) is 0 Å². The topological polar surface area (TPSA) is 82.5 Å². The Balaban J connectivity index is 1.96. The van der Waals surface area contributed by atoms with E-state index in [2.05, 4.69) is 31.0 Å². The summed E-state index contributed by atoms with van der Waals surface area (Å²) >= 11 is 4.19. The summed E-state index contributed by atoms with van der Waals surface area (Å²) in [7, 11) is 0. The van der Waals surface area contributed by atoms with Crippen LogP contribution >= 0.6 is 27.3 Å². The second-order valence-electron chi connectivity index (χ2n) is 4.64. The van der Waals surface area contributed by atoms with Crippen LogP contribution in [0, 0.1) is 6.92 Å². The summed E-state index contributed by atoms with van der Waals surface area (Å²) in [4.78, 5) is 16.9. The number of carbonyl (C=O) groups excluding carboxylic acids is 1. The Labute approximate surface area is 147 Å². The van der Waals surface area contributed by atoms with Crippen molar-refractivity contribution < 1.29 is 22.8 Å². The van der Waals surface area contributed by atoms with Crippen LogP contribution < -0.4 is 5.73 Å². The molecule has 0 aliphatic heterocycles. The Bertz CT molecular complexity index is 756. The number of carbonyl (C=O) groups is 1. The van der Waals surface area contributed by atoms with Gasteiger partial charge in [-0.25, -0.2) is 4.79 Å². The van der Waals surface area contributed by atoms with E-state index in [1.54, 1.807) is 17.5 Å². The zero-order valence-electron chi connectivity index (χ0n) is 12.3. The van der Waals surface area contributed by atoms with Gasteiger partial charge in [-0.2, -0.15) is 18.3 Å². The number of hydrogen-bond donors (Lipinski definition) is 1. The Kier molecular flexibility index (Phi) is 5.65. The minimum atomic E-state index is -4.57. The summed E-state index contributed by atoms with van der Waals surface area (Å²) in [6.07, 6.45) is -4.78. The van der Waals surface area contributed by atoms with E-state index >= 15 is 0 Å². The lowest BCUT2D eigenvalue weighted by atomic mass is 10.3. The maximum atomic E-state index is 12.8. The molecule has 0 unspecified atom stereocenters. The van der Waals surface area contributed by atoms with Gasteiger partial charge in [-0.15, -0.1) is 11.3 Å². The second-order valence-corrected chi connectivity index (χ2v) is 6.38. The predicted octanol–water partition coefficient (Wildman–Crippen LogP) is 3.29. The molecular weight excluding hydrogens is 413 g/mol. The fourth-order valence-electron chi connectivity index (χ4n) is 1.74. The van der Waals surface area contributed by atoms with Crippen LogP contribution in [-0.2, 0) is 22.4 Å². The van der Waals surface area contributed by atoms with Gasteiger partial charge < -0.3 is 10.6 Å². The number of aryl methyl sites for hydroxylation is 1. The van der Waals surface area contributed by atoms with Crippen molar-refractivity contribution in [2.45, 2.75) is 26.1 Å². The summed E-state index contributed by atoms with van der Waals surface area (Å²) in [6, 6.07) is 3.47. The first kappa shape index (κ1) is 18.5. The number of halogens is 4. The van der Waals surface area contributed by atoms with Crippen molar-refractivity contribution in [3.05, 3.63) is 38.3 Å². The Hall–Kier alpha value is -1.88. The number of nitrogens with zero attached hydrogens (tertiary/aromatic N) is 3. The van der Waals surface area contributed by atoms with Gasteiger partial charge in [0.25, 0.3) is 0 Å². The normalized spacial score (nSPS) is 12.5. The minimum Gasteiger partial charge on any atom is -0.380 e. The third kappa shape index (κ3) is 4.35. The molecule has 2 N–H and O–H groups in total. The average molecular weight is 425 g/mol. The zero-order chi connectivity index (χ0) is 17.9. The van der Waals surface area contributed by atoms with Gasteiger partial charge in [0.1, 0.15) is 0 Å². The molecule has 0 saturated carbocycles. The quantitative estimate of drug-likeness (QED) is 0.345. The molecule has 0 atom stereocenters. The smallest absolute Gasteiger partial charge is 0.380 e. The molecule has 0 bridgehead atoms. The molecule has 0 fully saturated rings. The van der Waals surface area contributed by atoms with Crippen LogP contribution in [0.2, 0.25) is 0 Å². The predicted molar refractivity (Wildman–Crippen MR) is 85.4 cm³/mol. The highest BCUT2D eigenvalue weighted by Crippen LogP contribution is 2.35. The lowest BCUT2D eigenvalue weighted by molar-refractivity contribution is -0.144. The van der Waals surface area contributed by atoms with E-state index in [9.17, 15) is 18.0 Å². The van der Waals surface area contributed by atoms with Crippen molar-refractivity contribution >= 4 is 39.1 Å². The number of hydrogen-bond acceptors (Lipinski definition) is 5. The highest BCUT2D eigenvalue weighted by Gasteiger charge is 2.37. The minimum absolute atomic E-state index is 0.0516. The molecule has 0 aliphatic rings. The molecule has 11 heteroatoms. The maximum absolute atomic E-state index is 12.8. The second kappa shape index (κ2) is 7.34. The first-order chi connectivity index (χ1) is 11.2. The van der Waals surface area contributed by atoms with Gasteiger partial charge in [-0.1, -0.05) is 11.2 Å². The van der Waals surface area contributed by atoms with Gasteiger partial charge in [0.15, 0.2) is 11.5 Å². The molecular formula is C13H12BrF3N4O2S. The molecule has 6 nitrogen and oxygen atoms in total. The summed E-state index contributed by atoms with van der Waals surface area (Å²) < 4.78 is 39.2. The third-order valence-corrected chi connectivity index (χ3v) is 4.79. The van der Waals surface area contributed by atoms with Crippen molar-refractivity contribution in [1.29, 1.82) is 0 Å². The summed E-state index contributed by atoms with van der Waals surface area (Å²) in [5.41, 5.74) is 4.85. The maximum Gasteiger partial charge on any atom is 0.436 e. The average Bonchev–Trinajstić information content (AvgIpc) is 3.13. The molecule has 0 radical (unpaired) electrons. The number of thiophene rings is 1. The van der Waals surface area contributed by atoms with Crippen molar-refractivity contribution in [2.75, 3.05) is 0 Å². The van der Waals surface area contributed by atoms with Gasteiger partial charge in [0.2, 0.25) is 0 Å². The molecule has 0 aliphatic carbocycles.